The van der Waals surface area contributed by atoms with Crippen molar-refractivity contribution < 1.29 is 14.3 Å². The number of rotatable bonds is 7. The van der Waals surface area contributed by atoms with Gasteiger partial charge in [-0.2, -0.15) is 0 Å². The molecule has 0 spiro atoms. The SMILES string of the molecule is Cc1ccc(OCCC(=O)NCc2cccc(C(N)=O)c2)c(C)c1. The third-order valence-electron chi connectivity index (χ3n) is 3.62. The van der Waals surface area contributed by atoms with Gasteiger partial charge in [0.1, 0.15) is 5.75 Å². The standard InChI is InChI=1S/C19H22N2O3/c1-13-6-7-17(14(2)10-13)24-9-8-18(22)21-12-15-4-3-5-16(11-15)19(20)23/h3-7,10-11H,8-9,12H2,1-2H3,(H2,20,23)(H,21,22). The Morgan fingerprint density at radius 2 is 1.92 bits per heavy atom. The molecule has 2 amide bonds. The van der Waals surface area contributed by atoms with Crippen molar-refractivity contribution in [2.24, 2.45) is 5.73 Å². The average Bonchev–Trinajstić information content (AvgIpc) is 2.55. The van der Waals surface area contributed by atoms with Crippen molar-refractivity contribution in [3.05, 3.63) is 64.7 Å². The van der Waals surface area contributed by atoms with Crippen LogP contribution in [0.4, 0.5) is 0 Å². The van der Waals surface area contributed by atoms with Gasteiger partial charge >= 0.3 is 0 Å². The van der Waals surface area contributed by atoms with E-state index < -0.39 is 5.91 Å². The lowest BCUT2D eigenvalue weighted by molar-refractivity contribution is -0.121. The molecule has 2 aromatic carbocycles. The van der Waals surface area contributed by atoms with Gasteiger partial charge in [-0.1, -0.05) is 29.8 Å². The van der Waals surface area contributed by atoms with Crippen molar-refractivity contribution in [3.8, 4) is 5.75 Å². The van der Waals surface area contributed by atoms with Crippen LogP contribution in [-0.4, -0.2) is 18.4 Å². The maximum Gasteiger partial charge on any atom is 0.248 e. The quantitative estimate of drug-likeness (QED) is 0.820. The Hall–Kier alpha value is -2.82. The van der Waals surface area contributed by atoms with E-state index in [9.17, 15) is 9.59 Å². The fraction of sp³-hybridized carbons (Fsp3) is 0.263. The Morgan fingerprint density at radius 3 is 2.62 bits per heavy atom. The molecule has 0 fully saturated rings. The van der Waals surface area contributed by atoms with Crippen molar-refractivity contribution in [2.45, 2.75) is 26.8 Å². The monoisotopic (exact) mass is 326 g/mol. The summed E-state index contributed by atoms with van der Waals surface area (Å²) in [5.41, 5.74) is 8.73. The number of ether oxygens (including phenoxy) is 1. The third-order valence-corrected chi connectivity index (χ3v) is 3.62. The topological polar surface area (TPSA) is 81.4 Å². The Kier molecular flexibility index (Phi) is 5.95. The first-order valence-electron chi connectivity index (χ1n) is 7.81. The molecule has 2 aromatic rings. The largest absolute Gasteiger partial charge is 0.493 e. The molecule has 0 aliphatic rings. The summed E-state index contributed by atoms with van der Waals surface area (Å²) >= 11 is 0. The molecule has 0 aromatic heterocycles. The van der Waals surface area contributed by atoms with Crippen molar-refractivity contribution in [1.82, 2.24) is 5.32 Å². The first-order chi connectivity index (χ1) is 11.5. The molecule has 0 aliphatic heterocycles. The number of primary amides is 1. The number of nitrogens with one attached hydrogen (secondary N) is 1. The second-order valence-corrected chi connectivity index (χ2v) is 5.71. The van der Waals surface area contributed by atoms with Crippen LogP contribution < -0.4 is 15.8 Å². The Labute approximate surface area is 141 Å². The Bertz CT molecular complexity index is 741. The van der Waals surface area contributed by atoms with Gasteiger partial charge in [0.2, 0.25) is 11.8 Å². The number of carbonyl (C=O) groups is 2. The highest BCUT2D eigenvalue weighted by atomic mass is 16.5. The minimum Gasteiger partial charge on any atom is -0.493 e. The summed E-state index contributed by atoms with van der Waals surface area (Å²) in [5.74, 6) is 0.205. The Balaban J connectivity index is 1.77. The maximum atomic E-state index is 11.9. The van der Waals surface area contributed by atoms with Gasteiger partial charge < -0.3 is 15.8 Å². The second-order valence-electron chi connectivity index (χ2n) is 5.71. The van der Waals surface area contributed by atoms with Gasteiger partial charge in [0.05, 0.1) is 13.0 Å². The van der Waals surface area contributed by atoms with Gasteiger partial charge in [0, 0.05) is 12.1 Å². The normalized spacial score (nSPS) is 10.2. The highest BCUT2D eigenvalue weighted by Gasteiger charge is 2.05. The molecule has 0 heterocycles. The second kappa shape index (κ2) is 8.15. The van der Waals surface area contributed by atoms with Gasteiger partial charge in [-0.3, -0.25) is 9.59 Å². The molecule has 0 atom stereocenters. The number of aryl methyl sites for hydroxylation is 2. The van der Waals surface area contributed by atoms with Crippen LogP contribution in [0.1, 0.15) is 33.5 Å². The van der Waals surface area contributed by atoms with E-state index in [0.717, 1.165) is 16.9 Å². The summed E-state index contributed by atoms with van der Waals surface area (Å²) in [6.45, 7) is 4.67. The molecule has 0 saturated carbocycles. The van der Waals surface area contributed by atoms with E-state index in [0.29, 0.717) is 18.7 Å². The number of amides is 2. The van der Waals surface area contributed by atoms with Crippen LogP contribution in [-0.2, 0) is 11.3 Å². The van der Waals surface area contributed by atoms with E-state index in [-0.39, 0.29) is 12.3 Å². The average molecular weight is 326 g/mol. The van der Waals surface area contributed by atoms with Crippen LogP contribution >= 0.6 is 0 Å². The lowest BCUT2D eigenvalue weighted by atomic mass is 10.1. The number of hydrogen-bond acceptors (Lipinski definition) is 3. The summed E-state index contributed by atoms with van der Waals surface area (Å²) < 4.78 is 5.64. The minimum absolute atomic E-state index is 0.107. The number of nitrogens with two attached hydrogens (primary N) is 1. The fourth-order valence-electron chi connectivity index (χ4n) is 2.34. The first-order valence-corrected chi connectivity index (χ1v) is 7.81. The summed E-state index contributed by atoms with van der Waals surface area (Å²) in [5, 5.41) is 2.80. The molecular formula is C19H22N2O3. The minimum atomic E-state index is -0.481. The number of hydrogen-bond donors (Lipinski definition) is 2. The molecule has 2 rings (SSSR count). The van der Waals surface area contributed by atoms with Crippen LogP contribution in [0.15, 0.2) is 42.5 Å². The highest BCUT2D eigenvalue weighted by molar-refractivity contribution is 5.92. The molecule has 0 radical (unpaired) electrons. The maximum absolute atomic E-state index is 11.9. The molecule has 3 N–H and O–H groups in total. The molecule has 0 unspecified atom stereocenters. The van der Waals surface area contributed by atoms with Gasteiger partial charge in [-0.15, -0.1) is 0 Å². The van der Waals surface area contributed by atoms with E-state index in [4.69, 9.17) is 10.5 Å². The van der Waals surface area contributed by atoms with Gasteiger partial charge in [-0.05, 0) is 43.2 Å². The molecule has 5 heteroatoms. The van der Waals surface area contributed by atoms with Crippen LogP contribution in [0.25, 0.3) is 0 Å². The van der Waals surface area contributed by atoms with E-state index in [2.05, 4.69) is 5.32 Å². The van der Waals surface area contributed by atoms with Crippen LogP contribution in [0, 0.1) is 13.8 Å². The van der Waals surface area contributed by atoms with Gasteiger partial charge in [0.25, 0.3) is 0 Å². The van der Waals surface area contributed by atoms with E-state index in [1.54, 1.807) is 18.2 Å². The van der Waals surface area contributed by atoms with Crippen molar-refractivity contribution in [1.29, 1.82) is 0 Å². The lowest BCUT2D eigenvalue weighted by Crippen LogP contribution is -2.24. The highest BCUT2D eigenvalue weighted by Crippen LogP contribution is 2.18. The molecule has 0 bridgehead atoms. The van der Waals surface area contributed by atoms with E-state index in [1.165, 1.54) is 5.56 Å². The summed E-state index contributed by atoms with van der Waals surface area (Å²) in [6.07, 6.45) is 0.267. The molecule has 0 saturated heterocycles. The molecule has 0 aliphatic carbocycles. The predicted octanol–water partition coefficient (Wildman–Crippen LogP) is 2.49. The lowest BCUT2D eigenvalue weighted by Gasteiger charge is -2.10. The first kappa shape index (κ1) is 17.5. The van der Waals surface area contributed by atoms with Crippen molar-refractivity contribution in [3.63, 3.8) is 0 Å². The number of benzene rings is 2. The predicted molar refractivity (Wildman–Crippen MR) is 92.8 cm³/mol. The fourth-order valence-corrected chi connectivity index (χ4v) is 2.34. The molecule has 5 nitrogen and oxygen atoms in total. The zero-order chi connectivity index (χ0) is 17.5. The summed E-state index contributed by atoms with van der Waals surface area (Å²) in [4.78, 5) is 23.0. The molecule has 126 valence electrons. The third kappa shape index (κ3) is 5.12. The molecule has 24 heavy (non-hydrogen) atoms. The molecular weight excluding hydrogens is 304 g/mol. The van der Waals surface area contributed by atoms with Crippen molar-refractivity contribution in [2.75, 3.05) is 6.61 Å². The summed E-state index contributed by atoms with van der Waals surface area (Å²) in [6, 6.07) is 12.8. The van der Waals surface area contributed by atoms with Gasteiger partial charge in [0.15, 0.2) is 0 Å². The number of carbonyl (C=O) groups excluding carboxylic acids is 2. The zero-order valence-corrected chi connectivity index (χ0v) is 14.0. The van der Waals surface area contributed by atoms with Crippen LogP contribution in [0.2, 0.25) is 0 Å². The van der Waals surface area contributed by atoms with Crippen LogP contribution in [0.5, 0.6) is 5.75 Å². The smallest absolute Gasteiger partial charge is 0.248 e. The van der Waals surface area contributed by atoms with Crippen molar-refractivity contribution >= 4 is 11.8 Å². The Morgan fingerprint density at radius 1 is 1.12 bits per heavy atom. The van der Waals surface area contributed by atoms with Gasteiger partial charge in [-0.25, -0.2) is 0 Å². The summed E-state index contributed by atoms with van der Waals surface area (Å²) in [7, 11) is 0. The van der Waals surface area contributed by atoms with E-state index >= 15 is 0 Å². The zero-order valence-electron chi connectivity index (χ0n) is 14.0. The van der Waals surface area contributed by atoms with Crippen LogP contribution in [0.3, 0.4) is 0 Å². The van der Waals surface area contributed by atoms with E-state index in [1.807, 2.05) is 38.1 Å².